The van der Waals surface area contributed by atoms with Crippen molar-refractivity contribution < 1.29 is 0 Å². The summed E-state index contributed by atoms with van der Waals surface area (Å²) in [6.07, 6.45) is 0. The van der Waals surface area contributed by atoms with E-state index in [0.717, 1.165) is 17.2 Å². The van der Waals surface area contributed by atoms with Gasteiger partial charge in [-0.25, -0.2) is 0 Å². The number of benzene rings is 1. The summed E-state index contributed by atoms with van der Waals surface area (Å²) in [5, 5.41) is 10.1. The summed E-state index contributed by atoms with van der Waals surface area (Å²) in [6, 6.07) is 5.75. The molecule has 6 heteroatoms. The number of nitrogens with zero attached hydrogens (tertiary/aromatic N) is 3. The minimum absolute atomic E-state index is 0.275. The van der Waals surface area contributed by atoms with Gasteiger partial charge in [0.2, 0.25) is 0 Å². The van der Waals surface area contributed by atoms with E-state index < -0.39 is 0 Å². The fraction of sp³-hybridized carbons (Fsp3) is 0.333. The van der Waals surface area contributed by atoms with Crippen molar-refractivity contribution in [2.24, 2.45) is 0 Å². The minimum atomic E-state index is 0.275. The first-order valence-corrected chi connectivity index (χ1v) is 7.37. The molecule has 2 rings (SSSR count). The number of rotatable bonds is 3. The lowest BCUT2D eigenvalue weighted by atomic mass is 10.2. The number of hydrogen-bond donors (Lipinski definition) is 0. The second-order valence-corrected chi connectivity index (χ2v) is 5.54. The molecule has 0 N–H and O–H groups in total. The highest BCUT2D eigenvalue weighted by Crippen LogP contribution is 2.29. The molecule has 0 saturated heterocycles. The highest BCUT2D eigenvalue weighted by atomic mass is 79.9. The topological polar surface area (TPSA) is 30.7 Å². The summed E-state index contributed by atoms with van der Waals surface area (Å²) in [4.78, 5) is 0. The zero-order valence-corrected chi connectivity index (χ0v) is 13.1. The van der Waals surface area contributed by atoms with Crippen LogP contribution in [0.3, 0.4) is 0 Å². The fourth-order valence-corrected chi connectivity index (χ4v) is 2.47. The van der Waals surface area contributed by atoms with Gasteiger partial charge in [0, 0.05) is 11.6 Å². The standard InChI is InChI=1S/C12H12BrCl2N3/c1-7(2)18-11(6-13)16-17-12(18)8-3-4-9(14)10(15)5-8/h3-5,7H,6H2,1-2H3. The molecule has 1 aromatic carbocycles. The van der Waals surface area contributed by atoms with Gasteiger partial charge in [-0.15, -0.1) is 10.2 Å². The van der Waals surface area contributed by atoms with Crippen LogP contribution in [0.25, 0.3) is 11.4 Å². The highest BCUT2D eigenvalue weighted by Gasteiger charge is 2.16. The molecule has 2 aromatic rings. The maximum atomic E-state index is 6.04. The molecule has 0 aliphatic rings. The van der Waals surface area contributed by atoms with Crippen LogP contribution >= 0.6 is 39.1 Å². The summed E-state index contributed by atoms with van der Waals surface area (Å²) in [5.41, 5.74) is 0.915. The van der Waals surface area contributed by atoms with Crippen molar-refractivity contribution in [1.29, 1.82) is 0 Å². The Bertz CT molecular complexity index is 566. The van der Waals surface area contributed by atoms with Crippen molar-refractivity contribution in [2.45, 2.75) is 25.2 Å². The van der Waals surface area contributed by atoms with Crippen molar-refractivity contribution in [2.75, 3.05) is 0 Å². The van der Waals surface area contributed by atoms with Gasteiger partial charge in [-0.2, -0.15) is 0 Å². The predicted molar refractivity (Wildman–Crippen MR) is 78.5 cm³/mol. The molecule has 0 saturated carbocycles. The third kappa shape index (κ3) is 2.56. The predicted octanol–water partition coefficient (Wildman–Crippen LogP) is 4.73. The van der Waals surface area contributed by atoms with Crippen LogP contribution in [0, 0.1) is 0 Å². The Labute approximate surface area is 124 Å². The normalized spacial score (nSPS) is 11.2. The molecule has 0 spiro atoms. The van der Waals surface area contributed by atoms with Gasteiger partial charge in [0.15, 0.2) is 5.82 Å². The summed E-state index contributed by atoms with van der Waals surface area (Å²) >= 11 is 15.4. The molecule has 0 amide bonds. The Morgan fingerprint density at radius 2 is 1.94 bits per heavy atom. The van der Waals surface area contributed by atoms with Gasteiger partial charge in [-0.05, 0) is 32.0 Å². The van der Waals surface area contributed by atoms with E-state index in [1.54, 1.807) is 6.07 Å². The van der Waals surface area contributed by atoms with Gasteiger partial charge < -0.3 is 4.57 Å². The van der Waals surface area contributed by atoms with Crippen molar-refractivity contribution in [3.8, 4) is 11.4 Å². The molecule has 0 aliphatic carbocycles. The van der Waals surface area contributed by atoms with Gasteiger partial charge in [-0.3, -0.25) is 0 Å². The Balaban J connectivity index is 2.56. The first-order chi connectivity index (χ1) is 8.54. The molecular weight excluding hydrogens is 337 g/mol. The van der Waals surface area contributed by atoms with Crippen molar-refractivity contribution in [3.63, 3.8) is 0 Å². The van der Waals surface area contributed by atoms with Crippen LogP contribution in [0.1, 0.15) is 25.7 Å². The van der Waals surface area contributed by atoms with Gasteiger partial charge in [-0.1, -0.05) is 39.1 Å². The lowest BCUT2D eigenvalue weighted by Gasteiger charge is -2.13. The number of alkyl halides is 1. The summed E-state index contributed by atoms with van der Waals surface area (Å²) in [7, 11) is 0. The van der Waals surface area contributed by atoms with Crippen molar-refractivity contribution in [3.05, 3.63) is 34.1 Å². The summed E-state index contributed by atoms with van der Waals surface area (Å²) < 4.78 is 2.08. The molecule has 0 bridgehead atoms. The Hall–Kier alpha value is -0.580. The van der Waals surface area contributed by atoms with E-state index in [-0.39, 0.29) is 6.04 Å². The summed E-state index contributed by atoms with van der Waals surface area (Å²) in [5.74, 6) is 1.70. The number of halogens is 3. The zero-order valence-electron chi connectivity index (χ0n) is 9.99. The molecule has 0 fully saturated rings. The Kier molecular flexibility index (Phi) is 4.30. The molecule has 1 aromatic heterocycles. The lowest BCUT2D eigenvalue weighted by Crippen LogP contribution is -2.06. The zero-order chi connectivity index (χ0) is 13.3. The van der Waals surface area contributed by atoms with Gasteiger partial charge in [0.25, 0.3) is 0 Å². The highest BCUT2D eigenvalue weighted by molar-refractivity contribution is 9.08. The quantitative estimate of drug-likeness (QED) is 0.751. The molecule has 0 aliphatic heterocycles. The van der Waals surface area contributed by atoms with Crippen molar-refractivity contribution in [1.82, 2.24) is 14.8 Å². The average molecular weight is 349 g/mol. The molecule has 0 atom stereocenters. The molecule has 1 heterocycles. The molecule has 3 nitrogen and oxygen atoms in total. The van der Waals surface area contributed by atoms with Crippen LogP contribution in [-0.4, -0.2) is 14.8 Å². The third-order valence-electron chi connectivity index (χ3n) is 2.58. The molecule has 0 radical (unpaired) electrons. The molecule has 0 unspecified atom stereocenters. The van der Waals surface area contributed by atoms with Crippen LogP contribution in [0.15, 0.2) is 18.2 Å². The van der Waals surface area contributed by atoms with E-state index in [2.05, 4.69) is 44.5 Å². The smallest absolute Gasteiger partial charge is 0.164 e. The second-order valence-electron chi connectivity index (χ2n) is 4.17. The van der Waals surface area contributed by atoms with Gasteiger partial charge in [0.05, 0.1) is 15.4 Å². The lowest BCUT2D eigenvalue weighted by molar-refractivity contribution is 0.586. The van der Waals surface area contributed by atoms with E-state index in [4.69, 9.17) is 23.2 Å². The monoisotopic (exact) mass is 347 g/mol. The maximum Gasteiger partial charge on any atom is 0.164 e. The molecular formula is C12H12BrCl2N3. The minimum Gasteiger partial charge on any atom is -0.308 e. The van der Waals surface area contributed by atoms with E-state index >= 15 is 0 Å². The summed E-state index contributed by atoms with van der Waals surface area (Å²) in [6.45, 7) is 4.19. The van der Waals surface area contributed by atoms with Crippen LogP contribution in [-0.2, 0) is 5.33 Å². The largest absolute Gasteiger partial charge is 0.308 e. The molecule has 18 heavy (non-hydrogen) atoms. The first-order valence-electron chi connectivity index (χ1n) is 5.49. The van der Waals surface area contributed by atoms with E-state index in [1.807, 2.05) is 12.1 Å². The van der Waals surface area contributed by atoms with Gasteiger partial charge in [0.1, 0.15) is 5.82 Å². The SMILES string of the molecule is CC(C)n1c(CBr)nnc1-c1ccc(Cl)c(Cl)c1. The molecule has 96 valence electrons. The number of hydrogen-bond acceptors (Lipinski definition) is 2. The van der Waals surface area contributed by atoms with Crippen LogP contribution < -0.4 is 0 Å². The Morgan fingerprint density at radius 3 is 2.50 bits per heavy atom. The second kappa shape index (κ2) is 5.59. The van der Waals surface area contributed by atoms with Gasteiger partial charge >= 0.3 is 0 Å². The third-order valence-corrected chi connectivity index (χ3v) is 3.82. The van der Waals surface area contributed by atoms with E-state index in [9.17, 15) is 0 Å². The van der Waals surface area contributed by atoms with E-state index in [0.29, 0.717) is 15.4 Å². The van der Waals surface area contributed by atoms with Crippen LogP contribution in [0.2, 0.25) is 10.0 Å². The number of aromatic nitrogens is 3. The first kappa shape index (κ1) is 13.8. The van der Waals surface area contributed by atoms with E-state index in [1.165, 1.54) is 0 Å². The Morgan fingerprint density at radius 1 is 1.22 bits per heavy atom. The maximum absolute atomic E-state index is 6.04. The van der Waals surface area contributed by atoms with Crippen LogP contribution in [0.5, 0.6) is 0 Å². The average Bonchev–Trinajstić information content (AvgIpc) is 2.76. The fourth-order valence-electron chi connectivity index (χ4n) is 1.79. The van der Waals surface area contributed by atoms with Crippen LogP contribution in [0.4, 0.5) is 0 Å². The van der Waals surface area contributed by atoms with Crippen molar-refractivity contribution >= 4 is 39.1 Å².